The maximum absolute atomic E-state index is 9.00. The van der Waals surface area contributed by atoms with Gasteiger partial charge >= 0.3 is 6.03 Å². The number of urea groups is 1. The first-order valence-corrected chi connectivity index (χ1v) is 3.20. The highest BCUT2D eigenvalue weighted by Crippen LogP contribution is 1.75. The number of nitrogens with two attached hydrogens (primary N) is 2. The lowest BCUT2D eigenvalue weighted by molar-refractivity contribution is 0.256. The number of hydrogen-bond acceptors (Lipinski definition) is 3. The Hall–Kier alpha value is -0.810. The maximum atomic E-state index is 9.00. The Kier molecular flexibility index (Phi) is 5.80. The number of hydrogen-bond donors (Lipinski definition) is 4. The van der Waals surface area contributed by atoms with Crippen LogP contribution in [0.3, 0.4) is 0 Å². The zero-order valence-electron chi connectivity index (χ0n) is 5.89. The molecule has 0 aliphatic carbocycles. The van der Waals surface area contributed by atoms with Gasteiger partial charge in [-0.25, -0.2) is 4.79 Å². The molecule has 1 aliphatic heterocycles. The van der Waals surface area contributed by atoms with Crippen molar-refractivity contribution in [1.82, 2.24) is 10.6 Å². The minimum absolute atomic E-state index is 0.833. The lowest BCUT2D eigenvalue weighted by Gasteiger charge is -2.11. The number of carbonyl (C=O) groups excluding carboxylic acids is 1. The van der Waals surface area contributed by atoms with Crippen molar-refractivity contribution in [3.8, 4) is 0 Å². The number of primary amides is 2. The molecule has 1 aliphatic rings. The van der Waals surface area contributed by atoms with Crippen LogP contribution in [0.2, 0.25) is 0 Å². The Morgan fingerprint density at radius 2 is 1.60 bits per heavy atom. The average molecular weight is 146 g/mol. The molecule has 0 aromatic heterocycles. The van der Waals surface area contributed by atoms with E-state index < -0.39 is 6.03 Å². The van der Waals surface area contributed by atoms with Gasteiger partial charge in [0, 0.05) is 6.67 Å². The fourth-order valence-electron chi connectivity index (χ4n) is 0.604. The number of carbonyl (C=O) groups is 1. The topological polar surface area (TPSA) is 93.2 Å². The Labute approximate surface area is 60.1 Å². The summed E-state index contributed by atoms with van der Waals surface area (Å²) in [7, 11) is 0. The molecule has 0 aromatic rings. The Bertz CT molecular complexity index is 76.1. The van der Waals surface area contributed by atoms with Crippen LogP contribution in [0.5, 0.6) is 0 Å². The van der Waals surface area contributed by atoms with Gasteiger partial charge in [-0.1, -0.05) is 0 Å². The first-order chi connectivity index (χ1) is 4.73. The lowest BCUT2D eigenvalue weighted by Crippen LogP contribution is -2.37. The van der Waals surface area contributed by atoms with E-state index in [9.17, 15) is 0 Å². The Balaban J connectivity index is 0.000000180. The van der Waals surface area contributed by atoms with E-state index >= 15 is 0 Å². The van der Waals surface area contributed by atoms with Gasteiger partial charge in [0.05, 0.1) is 0 Å². The summed E-state index contributed by atoms with van der Waals surface area (Å²) in [6.07, 6.45) is 1.28. The summed E-state index contributed by atoms with van der Waals surface area (Å²) < 4.78 is 0. The quantitative estimate of drug-likeness (QED) is 0.337. The largest absolute Gasteiger partial charge is 0.352 e. The highest BCUT2D eigenvalue weighted by molar-refractivity contribution is 5.69. The highest BCUT2D eigenvalue weighted by atomic mass is 16.2. The molecule has 0 aromatic carbocycles. The molecule has 0 spiro atoms. The molecule has 6 N–H and O–H groups in total. The van der Waals surface area contributed by atoms with Gasteiger partial charge in [0.15, 0.2) is 0 Å². The van der Waals surface area contributed by atoms with Crippen molar-refractivity contribution in [2.45, 2.75) is 6.42 Å². The number of nitrogens with one attached hydrogen (secondary N) is 2. The van der Waals surface area contributed by atoms with Crippen LogP contribution in [0.1, 0.15) is 6.42 Å². The van der Waals surface area contributed by atoms with E-state index in [-0.39, 0.29) is 0 Å². The van der Waals surface area contributed by atoms with Crippen molar-refractivity contribution in [3.05, 3.63) is 0 Å². The molecule has 0 radical (unpaired) electrons. The smallest absolute Gasteiger partial charge is 0.309 e. The zero-order chi connectivity index (χ0) is 7.82. The normalized spacial score (nSPS) is 16.8. The molecular formula is C5H14N4O. The molecule has 60 valence electrons. The van der Waals surface area contributed by atoms with Gasteiger partial charge in [0.25, 0.3) is 0 Å². The molecule has 5 nitrogen and oxygen atoms in total. The molecular weight excluding hydrogens is 132 g/mol. The summed E-state index contributed by atoms with van der Waals surface area (Å²) in [5, 5.41) is 6.35. The van der Waals surface area contributed by atoms with Crippen LogP contribution in [0.15, 0.2) is 0 Å². The van der Waals surface area contributed by atoms with E-state index in [4.69, 9.17) is 4.79 Å². The third kappa shape index (κ3) is 10.2. The molecule has 1 heterocycles. The first kappa shape index (κ1) is 9.19. The summed E-state index contributed by atoms with van der Waals surface area (Å²) in [5.41, 5.74) is 8.50. The second-order valence-electron chi connectivity index (χ2n) is 1.93. The predicted molar refractivity (Wildman–Crippen MR) is 39.3 cm³/mol. The van der Waals surface area contributed by atoms with Gasteiger partial charge in [-0.15, -0.1) is 0 Å². The Morgan fingerprint density at radius 1 is 1.20 bits per heavy atom. The monoisotopic (exact) mass is 146 g/mol. The number of amides is 2. The third-order valence-corrected chi connectivity index (χ3v) is 0.957. The van der Waals surface area contributed by atoms with E-state index in [1.54, 1.807) is 0 Å². The fourth-order valence-corrected chi connectivity index (χ4v) is 0.604. The minimum atomic E-state index is -0.833. The van der Waals surface area contributed by atoms with Gasteiger partial charge in [0.1, 0.15) is 0 Å². The zero-order valence-corrected chi connectivity index (χ0v) is 5.89. The van der Waals surface area contributed by atoms with Crippen LogP contribution in [0, 0.1) is 0 Å². The van der Waals surface area contributed by atoms with Crippen molar-refractivity contribution in [2.24, 2.45) is 11.5 Å². The summed E-state index contributed by atoms with van der Waals surface area (Å²) in [6.45, 7) is 3.38. The second-order valence-corrected chi connectivity index (χ2v) is 1.93. The number of rotatable bonds is 0. The summed E-state index contributed by atoms with van der Waals surface area (Å²) in [6, 6.07) is -0.833. The maximum Gasteiger partial charge on any atom is 0.309 e. The average Bonchev–Trinajstić information content (AvgIpc) is 1.90. The molecule has 0 atom stereocenters. The lowest BCUT2D eigenvalue weighted by atomic mass is 10.4. The SMILES string of the molecule is C1CNCNC1.NC(N)=O. The Morgan fingerprint density at radius 3 is 1.70 bits per heavy atom. The third-order valence-electron chi connectivity index (χ3n) is 0.957. The van der Waals surface area contributed by atoms with Gasteiger partial charge in [-0.05, 0) is 19.5 Å². The molecule has 1 saturated heterocycles. The van der Waals surface area contributed by atoms with Crippen molar-refractivity contribution in [2.75, 3.05) is 19.8 Å². The molecule has 0 bridgehead atoms. The van der Waals surface area contributed by atoms with Crippen molar-refractivity contribution >= 4 is 6.03 Å². The first-order valence-electron chi connectivity index (χ1n) is 3.20. The van der Waals surface area contributed by atoms with Crippen LogP contribution in [-0.2, 0) is 0 Å². The molecule has 2 amide bonds. The molecule has 0 unspecified atom stereocenters. The summed E-state index contributed by atoms with van der Waals surface area (Å²) in [5.74, 6) is 0. The molecule has 1 fully saturated rings. The highest BCUT2D eigenvalue weighted by Gasteiger charge is 1.91. The second kappa shape index (κ2) is 6.31. The standard InChI is InChI=1S/C4H10N2.CH4N2O/c1-2-5-4-6-3-1;2-1(3)4/h5-6H,1-4H2;(H4,2,3,4). The molecule has 1 rings (SSSR count). The molecule has 0 saturated carbocycles. The molecule has 10 heavy (non-hydrogen) atoms. The predicted octanol–water partition coefficient (Wildman–Crippen LogP) is -1.45. The van der Waals surface area contributed by atoms with E-state index in [1.165, 1.54) is 19.5 Å². The van der Waals surface area contributed by atoms with Crippen LogP contribution in [-0.4, -0.2) is 25.8 Å². The van der Waals surface area contributed by atoms with E-state index in [1.807, 2.05) is 0 Å². The van der Waals surface area contributed by atoms with E-state index in [2.05, 4.69) is 22.1 Å². The van der Waals surface area contributed by atoms with Crippen LogP contribution in [0.4, 0.5) is 4.79 Å². The van der Waals surface area contributed by atoms with Crippen LogP contribution < -0.4 is 22.1 Å². The van der Waals surface area contributed by atoms with Gasteiger partial charge in [-0.2, -0.15) is 0 Å². The van der Waals surface area contributed by atoms with Crippen molar-refractivity contribution < 1.29 is 4.79 Å². The van der Waals surface area contributed by atoms with E-state index in [0.717, 1.165) is 6.67 Å². The summed E-state index contributed by atoms with van der Waals surface area (Å²) >= 11 is 0. The van der Waals surface area contributed by atoms with Crippen LogP contribution in [0.25, 0.3) is 0 Å². The van der Waals surface area contributed by atoms with Gasteiger partial charge in [-0.3, -0.25) is 0 Å². The van der Waals surface area contributed by atoms with E-state index in [0.29, 0.717) is 0 Å². The van der Waals surface area contributed by atoms with Gasteiger partial charge in [0.2, 0.25) is 0 Å². The van der Waals surface area contributed by atoms with Gasteiger partial charge < -0.3 is 22.1 Å². The van der Waals surface area contributed by atoms with Crippen molar-refractivity contribution in [3.63, 3.8) is 0 Å². The summed E-state index contributed by atoms with van der Waals surface area (Å²) in [4.78, 5) is 9.00. The van der Waals surface area contributed by atoms with Crippen molar-refractivity contribution in [1.29, 1.82) is 0 Å². The molecule has 5 heteroatoms. The minimum Gasteiger partial charge on any atom is -0.352 e. The van der Waals surface area contributed by atoms with Crippen LogP contribution >= 0.6 is 0 Å². The fraction of sp³-hybridized carbons (Fsp3) is 0.800.